The summed E-state index contributed by atoms with van der Waals surface area (Å²) in [5.41, 5.74) is 1.11. The average Bonchev–Trinajstić information content (AvgIpc) is 2.56. The third kappa shape index (κ3) is 3.37. The molecular weight excluding hydrogens is 304 g/mol. The number of ether oxygens (including phenoxy) is 1. The maximum atomic E-state index is 11.9. The van der Waals surface area contributed by atoms with Gasteiger partial charge in [0, 0.05) is 10.9 Å². The van der Waals surface area contributed by atoms with Gasteiger partial charge in [0.05, 0.1) is 6.61 Å². The van der Waals surface area contributed by atoms with E-state index >= 15 is 0 Å². The molecule has 0 aromatic heterocycles. The number of carboxylic acid groups (broad SMARTS) is 1. The van der Waals surface area contributed by atoms with Crippen molar-refractivity contribution in [1.82, 2.24) is 0 Å². The van der Waals surface area contributed by atoms with Crippen LogP contribution in [0, 0.1) is 0 Å². The molecule has 0 aliphatic heterocycles. The molecule has 2 rings (SSSR count). The Morgan fingerprint density at radius 3 is 2.29 bits per heavy atom. The summed E-state index contributed by atoms with van der Waals surface area (Å²) < 4.78 is 5.78. The summed E-state index contributed by atoms with van der Waals surface area (Å²) in [5.74, 6) is -1.04. The molecule has 4 nitrogen and oxygen atoms in total. The van der Waals surface area contributed by atoms with E-state index < -0.39 is 5.97 Å². The summed E-state index contributed by atoms with van der Waals surface area (Å²) in [6.07, 6.45) is 3.32. The van der Waals surface area contributed by atoms with Crippen LogP contribution in [-0.4, -0.2) is 22.8 Å². The van der Waals surface area contributed by atoms with Gasteiger partial charge in [-0.3, -0.25) is 0 Å². The maximum Gasteiger partial charge on any atom is 0.340 e. The second-order valence-corrected chi connectivity index (χ2v) is 5.81. The molecule has 0 aliphatic carbocycles. The first kappa shape index (κ1) is 17.9. The number of carboxylic acids is 1. The number of hydrogen-bond donors (Lipinski definition) is 2. The van der Waals surface area contributed by atoms with Crippen molar-refractivity contribution in [2.45, 2.75) is 39.5 Å². The van der Waals surface area contributed by atoms with E-state index in [-0.39, 0.29) is 11.3 Å². The highest BCUT2D eigenvalue weighted by atomic mass is 16.5. The highest BCUT2D eigenvalue weighted by Crippen LogP contribution is 2.39. The monoisotopic (exact) mass is 328 g/mol. The second kappa shape index (κ2) is 7.86. The molecule has 24 heavy (non-hydrogen) atoms. The lowest BCUT2D eigenvalue weighted by Crippen LogP contribution is -2.11. The predicted molar refractivity (Wildman–Crippen MR) is 97.0 cm³/mol. The molecule has 128 valence electrons. The second-order valence-electron chi connectivity index (χ2n) is 5.81. The number of aliphatic hydroxyl groups is 1. The van der Waals surface area contributed by atoms with Gasteiger partial charge in [0.15, 0.2) is 0 Å². The molecule has 2 aromatic carbocycles. The molecule has 0 heterocycles. The van der Waals surface area contributed by atoms with E-state index in [1.165, 1.54) is 0 Å². The zero-order chi connectivity index (χ0) is 17.7. The van der Waals surface area contributed by atoms with E-state index in [0.29, 0.717) is 24.3 Å². The van der Waals surface area contributed by atoms with Crippen molar-refractivity contribution in [2.75, 3.05) is 6.61 Å². The van der Waals surface area contributed by atoms with E-state index in [1.54, 1.807) is 0 Å². The number of aryl methyl sites for hydroxylation is 1. The molecule has 0 saturated carbocycles. The molecule has 0 unspecified atom stereocenters. The fourth-order valence-corrected chi connectivity index (χ4v) is 2.97. The minimum atomic E-state index is -1.12. The van der Waals surface area contributed by atoms with Crippen molar-refractivity contribution in [3.8, 4) is 5.75 Å². The van der Waals surface area contributed by atoms with Crippen molar-refractivity contribution in [2.24, 2.45) is 0 Å². The van der Waals surface area contributed by atoms with Crippen LogP contribution in [0.5, 0.6) is 5.75 Å². The van der Waals surface area contributed by atoms with Gasteiger partial charge in [-0.1, -0.05) is 51.1 Å². The van der Waals surface area contributed by atoms with Crippen molar-refractivity contribution in [3.05, 3.63) is 47.5 Å². The lowest BCUT2D eigenvalue weighted by atomic mass is 9.89. The number of hydrogen-bond acceptors (Lipinski definition) is 3. The number of carbonyl (C=O) groups is 1. The third-order valence-electron chi connectivity index (χ3n) is 4.01. The first-order valence-corrected chi connectivity index (χ1v) is 8.34. The van der Waals surface area contributed by atoms with Crippen LogP contribution in [0.2, 0.25) is 0 Å². The van der Waals surface area contributed by atoms with Crippen LogP contribution in [0.15, 0.2) is 30.8 Å². The van der Waals surface area contributed by atoms with E-state index in [1.807, 2.05) is 31.2 Å². The Kier molecular flexibility index (Phi) is 5.85. The Labute approximate surface area is 142 Å². The number of benzene rings is 2. The van der Waals surface area contributed by atoms with Crippen LogP contribution in [0.3, 0.4) is 0 Å². The van der Waals surface area contributed by atoms with Crippen molar-refractivity contribution in [3.63, 3.8) is 0 Å². The van der Waals surface area contributed by atoms with Crippen LogP contribution in [0.1, 0.15) is 54.6 Å². The molecule has 0 bridgehead atoms. The van der Waals surface area contributed by atoms with Gasteiger partial charge in [0.2, 0.25) is 0 Å². The number of aromatic carboxylic acids is 1. The molecule has 0 spiro atoms. The van der Waals surface area contributed by atoms with Gasteiger partial charge in [-0.05, 0) is 30.2 Å². The minimum Gasteiger partial charge on any atom is -0.508 e. The summed E-state index contributed by atoms with van der Waals surface area (Å²) in [4.78, 5) is 11.9. The molecule has 0 saturated heterocycles. The molecule has 2 N–H and O–H groups in total. The summed E-state index contributed by atoms with van der Waals surface area (Å²) in [6, 6.07) is 7.58. The first-order chi connectivity index (χ1) is 11.5. The lowest BCUT2D eigenvalue weighted by molar-refractivity contribution is 0.0691. The molecule has 4 heteroatoms. The van der Waals surface area contributed by atoms with Gasteiger partial charge < -0.3 is 14.9 Å². The highest BCUT2D eigenvalue weighted by molar-refractivity contribution is 6.06. The Morgan fingerprint density at radius 2 is 1.75 bits per heavy atom. The van der Waals surface area contributed by atoms with Crippen LogP contribution in [0.4, 0.5) is 0 Å². The SMILES string of the molecule is C=C(O)c1c(C(=O)O)c(OCCC)c2ccccc2c1CCCC. The minimum absolute atomic E-state index is 0.000697. The largest absolute Gasteiger partial charge is 0.508 e. The van der Waals surface area contributed by atoms with Crippen LogP contribution in [0.25, 0.3) is 16.5 Å². The predicted octanol–water partition coefficient (Wildman–Crippen LogP) is 5.20. The Morgan fingerprint density at radius 1 is 1.08 bits per heavy atom. The van der Waals surface area contributed by atoms with Gasteiger partial charge in [0.1, 0.15) is 17.1 Å². The van der Waals surface area contributed by atoms with Crippen LogP contribution in [-0.2, 0) is 6.42 Å². The van der Waals surface area contributed by atoms with Crippen molar-refractivity contribution in [1.29, 1.82) is 0 Å². The van der Waals surface area contributed by atoms with Gasteiger partial charge >= 0.3 is 5.97 Å². The first-order valence-electron chi connectivity index (χ1n) is 8.34. The van der Waals surface area contributed by atoms with Crippen LogP contribution >= 0.6 is 0 Å². The smallest absolute Gasteiger partial charge is 0.340 e. The van der Waals surface area contributed by atoms with E-state index in [4.69, 9.17) is 4.74 Å². The number of aliphatic hydroxyl groups excluding tert-OH is 1. The molecule has 0 aliphatic rings. The molecule has 0 radical (unpaired) electrons. The van der Waals surface area contributed by atoms with E-state index in [9.17, 15) is 15.0 Å². The quantitative estimate of drug-likeness (QED) is 0.654. The van der Waals surface area contributed by atoms with E-state index in [2.05, 4.69) is 13.5 Å². The number of unbranched alkanes of at least 4 members (excludes halogenated alkanes) is 1. The Hall–Kier alpha value is -2.49. The fraction of sp³-hybridized carbons (Fsp3) is 0.350. The van der Waals surface area contributed by atoms with Gasteiger partial charge in [-0.15, -0.1) is 0 Å². The van der Waals surface area contributed by atoms with Crippen molar-refractivity contribution >= 4 is 22.5 Å². The van der Waals surface area contributed by atoms with E-state index in [0.717, 1.165) is 35.6 Å². The van der Waals surface area contributed by atoms with Gasteiger partial charge in [-0.25, -0.2) is 4.79 Å². The Balaban J connectivity index is 2.89. The number of fused-ring (bicyclic) bond motifs is 1. The molecular formula is C20H24O4. The summed E-state index contributed by atoms with van der Waals surface area (Å²) >= 11 is 0. The van der Waals surface area contributed by atoms with Crippen LogP contribution < -0.4 is 4.74 Å². The molecule has 0 amide bonds. The zero-order valence-corrected chi connectivity index (χ0v) is 14.3. The topological polar surface area (TPSA) is 66.8 Å². The normalized spacial score (nSPS) is 10.8. The average molecular weight is 328 g/mol. The zero-order valence-electron chi connectivity index (χ0n) is 14.3. The summed E-state index contributed by atoms with van der Waals surface area (Å²) in [5, 5.41) is 21.6. The lowest BCUT2D eigenvalue weighted by Gasteiger charge is -2.20. The third-order valence-corrected chi connectivity index (χ3v) is 4.01. The Bertz CT molecular complexity index is 697. The maximum absolute atomic E-state index is 11.9. The standard InChI is InChI=1S/C20H24O4/c1-4-6-9-15-14-10-7-8-11-16(14)19(24-12-5-2)18(20(22)23)17(15)13(3)21/h7-8,10-11,21H,3-6,9,12H2,1-2H3,(H,22,23). The molecule has 0 fully saturated rings. The van der Waals surface area contributed by atoms with Gasteiger partial charge in [0.25, 0.3) is 0 Å². The van der Waals surface area contributed by atoms with Gasteiger partial charge in [-0.2, -0.15) is 0 Å². The number of rotatable bonds is 8. The molecule has 0 atom stereocenters. The molecule has 2 aromatic rings. The fourth-order valence-electron chi connectivity index (χ4n) is 2.97. The highest BCUT2D eigenvalue weighted by Gasteiger charge is 2.26. The van der Waals surface area contributed by atoms with Crippen molar-refractivity contribution < 1.29 is 19.7 Å². The summed E-state index contributed by atoms with van der Waals surface area (Å²) in [7, 11) is 0. The summed E-state index contributed by atoms with van der Waals surface area (Å²) in [6.45, 7) is 8.05.